The molecular weight excluding hydrogens is 200 g/mol. The largest absolute Gasteiger partial charge is 0.310 e. The fourth-order valence-corrected chi connectivity index (χ4v) is 1.67. The first kappa shape index (κ1) is 13.2. The van der Waals surface area contributed by atoms with Crippen LogP contribution < -0.4 is 5.32 Å². The average Bonchev–Trinajstić information content (AvgIpc) is 2.65. The van der Waals surface area contributed by atoms with Crippen LogP contribution in [0, 0.1) is 5.92 Å². The van der Waals surface area contributed by atoms with Crippen molar-refractivity contribution in [3.8, 4) is 0 Å². The second-order valence-electron chi connectivity index (χ2n) is 4.93. The lowest BCUT2D eigenvalue weighted by atomic mass is 10.1. The van der Waals surface area contributed by atoms with Gasteiger partial charge < -0.3 is 5.32 Å². The first-order valence-electron chi connectivity index (χ1n) is 6.20. The molecule has 0 fully saturated rings. The van der Waals surface area contributed by atoms with Crippen LogP contribution in [0.2, 0.25) is 0 Å². The summed E-state index contributed by atoms with van der Waals surface area (Å²) in [5, 5.41) is 7.62. The molecule has 4 nitrogen and oxygen atoms in total. The van der Waals surface area contributed by atoms with Crippen LogP contribution >= 0.6 is 0 Å². The zero-order valence-electron chi connectivity index (χ0n) is 10.9. The zero-order chi connectivity index (χ0) is 12.0. The number of hydrogen-bond donors (Lipinski definition) is 1. The van der Waals surface area contributed by atoms with Crippen molar-refractivity contribution in [2.24, 2.45) is 5.92 Å². The Labute approximate surface area is 98.5 Å². The van der Waals surface area contributed by atoms with Gasteiger partial charge in [-0.1, -0.05) is 13.8 Å². The molecule has 1 rings (SSSR count). The van der Waals surface area contributed by atoms with Crippen LogP contribution in [0.25, 0.3) is 0 Å². The molecule has 1 N–H and O–H groups in total. The monoisotopic (exact) mass is 224 g/mol. The van der Waals surface area contributed by atoms with E-state index in [1.54, 1.807) is 6.33 Å². The van der Waals surface area contributed by atoms with E-state index >= 15 is 0 Å². The van der Waals surface area contributed by atoms with Crippen molar-refractivity contribution in [1.29, 1.82) is 0 Å². The van der Waals surface area contributed by atoms with Crippen LogP contribution in [-0.2, 0) is 6.54 Å². The van der Waals surface area contributed by atoms with E-state index in [4.69, 9.17) is 0 Å². The van der Waals surface area contributed by atoms with Gasteiger partial charge in [-0.2, -0.15) is 5.10 Å². The Morgan fingerprint density at radius 2 is 2.06 bits per heavy atom. The number of nitrogens with zero attached hydrogens (tertiary/aromatic N) is 3. The van der Waals surface area contributed by atoms with Crippen LogP contribution in [0.4, 0.5) is 0 Å². The van der Waals surface area contributed by atoms with E-state index < -0.39 is 0 Å². The highest BCUT2D eigenvalue weighted by Crippen LogP contribution is 2.05. The van der Waals surface area contributed by atoms with Gasteiger partial charge in [0.1, 0.15) is 12.2 Å². The minimum absolute atomic E-state index is 0.384. The van der Waals surface area contributed by atoms with Gasteiger partial charge in [-0.15, -0.1) is 0 Å². The molecule has 1 aromatic rings. The van der Waals surface area contributed by atoms with E-state index in [0.717, 1.165) is 24.8 Å². The van der Waals surface area contributed by atoms with Crippen LogP contribution in [0.3, 0.4) is 0 Å². The quantitative estimate of drug-likeness (QED) is 0.723. The van der Waals surface area contributed by atoms with Gasteiger partial charge in [0.15, 0.2) is 0 Å². The Balaban J connectivity index is 2.24. The normalized spacial score (nSPS) is 11.6. The molecule has 4 heteroatoms. The Morgan fingerprint density at radius 3 is 2.69 bits per heavy atom. The highest BCUT2D eigenvalue weighted by molar-refractivity contribution is 4.85. The molecule has 0 aromatic carbocycles. The average molecular weight is 224 g/mol. The Bertz CT molecular complexity index is 291. The summed E-state index contributed by atoms with van der Waals surface area (Å²) >= 11 is 0. The maximum Gasteiger partial charge on any atom is 0.141 e. The summed E-state index contributed by atoms with van der Waals surface area (Å²) in [6, 6.07) is 0.384. The van der Waals surface area contributed by atoms with E-state index in [0.29, 0.717) is 6.04 Å². The standard InChI is InChI=1S/C12H24N4/c1-10(2)6-5-7-13-8-12-14-9-15-16(12)11(3)4/h9-11,13H,5-8H2,1-4H3. The van der Waals surface area contributed by atoms with E-state index in [1.807, 2.05) is 4.68 Å². The lowest BCUT2D eigenvalue weighted by molar-refractivity contribution is 0.479. The van der Waals surface area contributed by atoms with Gasteiger partial charge in [-0.3, -0.25) is 0 Å². The minimum Gasteiger partial charge on any atom is -0.310 e. The second-order valence-corrected chi connectivity index (χ2v) is 4.93. The molecule has 0 aliphatic heterocycles. The molecule has 1 aromatic heterocycles. The van der Waals surface area contributed by atoms with Crippen molar-refractivity contribution >= 4 is 0 Å². The molecule has 0 amide bonds. The minimum atomic E-state index is 0.384. The Hall–Kier alpha value is -0.900. The van der Waals surface area contributed by atoms with Crippen molar-refractivity contribution in [2.45, 2.75) is 53.1 Å². The van der Waals surface area contributed by atoms with Gasteiger partial charge >= 0.3 is 0 Å². The number of nitrogens with one attached hydrogen (secondary N) is 1. The molecule has 0 atom stereocenters. The van der Waals surface area contributed by atoms with Gasteiger partial charge in [0, 0.05) is 6.04 Å². The summed E-state index contributed by atoms with van der Waals surface area (Å²) < 4.78 is 1.97. The molecule has 1 heterocycles. The molecule has 0 saturated carbocycles. The van der Waals surface area contributed by atoms with Crippen LogP contribution in [0.15, 0.2) is 6.33 Å². The van der Waals surface area contributed by atoms with Gasteiger partial charge in [-0.25, -0.2) is 9.67 Å². The van der Waals surface area contributed by atoms with Crippen LogP contribution in [0.5, 0.6) is 0 Å². The predicted octanol–water partition coefficient (Wildman–Crippen LogP) is 2.38. The maximum absolute atomic E-state index is 4.26. The van der Waals surface area contributed by atoms with Crippen molar-refractivity contribution < 1.29 is 0 Å². The molecule has 0 bridgehead atoms. The molecule has 16 heavy (non-hydrogen) atoms. The maximum atomic E-state index is 4.26. The Morgan fingerprint density at radius 1 is 1.31 bits per heavy atom. The summed E-state index contributed by atoms with van der Waals surface area (Å²) in [5.74, 6) is 1.82. The third-order valence-corrected chi connectivity index (χ3v) is 2.55. The van der Waals surface area contributed by atoms with E-state index in [9.17, 15) is 0 Å². The molecule has 0 radical (unpaired) electrons. The third kappa shape index (κ3) is 4.31. The van der Waals surface area contributed by atoms with Crippen molar-refractivity contribution in [3.63, 3.8) is 0 Å². The van der Waals surface area contributed by atoms with Gasteiger partial charge in [-0.05, 0) is 39.2 Å². The SMILES string of the molecule is CC(C)CCCNCc1ncnn1C(C)C. The molecule has 0 saturated heterocycles. The summed E-state index contributed by atoms with van der Waals surface area (Å²) in [4.78, 5) is 4.26. The first-order chi connectivity index (χ1) is 7.61. The highest BCUT2D eigenvalue weighted by atomic mass is 15.3. The van der Waals surface area contributed by atoms with Gasteiger partial charge in [0.05, 0.1) is 6.54 Å². The predicted molar refractivity (Wildman–Crippen MR) is 66.2 cm³/mol. The lowest BCUT2D eigenvalue weighted by Crippen LogP contribution is -2.19. The molecule has 0 spiro atoms. The van der Waals surface area contributed by atoms with Crippen LogP contribution in [0.1, 0.15) is 52.4 Å². The molecular formula is C12H24N4. The Kier molecular flexibility index (Phi) is 5.46. The first-order valence-corrected chi connectivity index (χ1v) is 6.20. The molecule has 0 aliphatic carbocycles. The molecule has 0 unspecified atom stereocenters. The number of hydrogen-bond acceptors (Lipinski definition) is 3. The van der Waals surface area contributed by atoms with Gasteiger partial charge in [0.25, 0.3) is 0 Å². The van der Waals surface area contributed by atoms with Crippen molar-refractivity contribution in [2.75, 3.05) is 6.54 Å². The van der Waals surface area contributed by atoms with E-state index in [1.165, 1.54) is 12.8 Å². The summed E-state index contributed by atoms with van der Waals surface area (Å²) in [7, 11) is 0. The van der Waals surface area contributed by atoms with Gasteiger partial charge in [0.2, 0.25) is 0 Å². The smallest absolute Gasteiger partial charge is 0.141 e. The summed E-state index contributed by atoms with van der Waals surface area (Å²) in [5.41, 5.74) is 0. The van der Waals surface area contributed by atoms with Crippen LogP contribution in [-0.4, -0.2) is 21.3 Å². The zero-order valence-corrected chi connectivity index (χ0v) is 10.9. The topological polar surface area (TPSA) is 42.7 Å². The number of aromatic nitrogens is 3. The second kappa shape index (κ2) is 6.63. The number of rotatable bonds is 7. The summed E-state index contributed by atoms with van der Waals surface area (Å²) in [6.07, 6.45) is 4.14. The molecule has 0 aliphatic rings. The molecule has 92 valence electrons. The summed E-state index contributed by atoms with van der Waals surface area (Å²) in [6.45, 7) is 10.6. The lowest BCUT2D eigenvalue weighted by Gasteiger charge is -2.10. The van der Waals surface area contributed by atoms with Crippen molar-refractivity contribution in [1.82, 2.24) is 20.1 Å². The van der Waals surface area contributed by atoms with Crippen molar-refractivity contribution in [3.05, 3.63) is 12.2 Å². The fraction of sp³-hybridized carbons (Fsp3) is 0.833. The fourth-order valence-electron chi connectivity index (χ4n) is 1.67. The third-order valence-electron chi connectivity index (χ3n) is 2.55. The van der Waals surface area contributed by atoms with E-state index in [-0.39, 0.29) is 0 Å². The highest BCUT2D eigenvalue weighted by Gasteiger charge is 2.06. The van der Waals surface area contributed by atoms with E-state index in [2.05, 4.69) is 43.1 Å².